The molecule has 0 bridgehead atoms. The number of thiophene rings is 1. The summed E-state index contributed by atoms with van der Waals surface area (Å²) in [4.78, 5) is 15.6. The predicted octanol–water partition coefficient (Wildman–Crippen LogP) is 2.71. The van der Waals surface area contributed by atoms with Gasteiger partial charge in [0.05, 0.1) is 19.7 Å². The Bertz CT molecular complexity index is 697. The van der Waals surface area contributed by atoms with Crippen molar-refractivity contribution in [2.75, 3.05) is 44.9 Å². The molecular weight excluding hydrogens is 376 g/mol. The van der Waals surface area contributed by atoms with Gasteiger partial charge in [-0.15, -0.1) is 23.7 Å². The third-order valence-corrected chi connectivity index (χ3v) is 4.65. The van der Waals surface area contributed by atoms with Crippen molar-refractivity contribution in [3.63, 3.8) is 0 Å². The van der Waals surface area contributed by atoms with Crippen molar-refractivity contribution in [3.8, 4) is 11.5 Å². The third-order valence-electron chi connectivity index (χ3n) is 3.79. The van der Waals surface area contributed by atoms with E-state index in [4.69, 9.17) is 14.2 Å². The smallest absolute Gasteiger partial charge is 0.241 e. The van der Waals surface area contributed by atoms with E-state index < -0.39 is 0 Å². The molecule has 1 aromatic heterocycles. The van der Waals surface area contributed by atoms with Crippen LogP contribution in [-0.4, -0.2) is 45.9 Å². The number of hydrogen-bond donors (Lipinski definition) is 1. The molecule has 142 valence electrons. The standard InChI is InChI=1S/C18H22N2O4S.ClH/c1-22-7-6-19-12-18(21)20(13-15-3-2-10-25-15)14-4-5-16-17(11-14)24-9-8-23-16;/h2-5,10-11,19H,6-9,12-13H2,1H3;1H. The van der Waals surface area contributed by atoms with Gasteiger partial charge in [-0.05, 0) is 23.6 Å². The van der Waals surface area contributed by atoms with Crippen LogP contribution in [0, 0.1) is 0 Å². The fourth-order valence-corrected chi connectivity index (χ4v) is 3.24. The lowest BCUT2D eigenvalue weighted by molar-refractivity contribution is -0.117. The Morgan fingerprint density at radius 1 is 1.27 bits per heavy atom. The van der Waals surface area contributed by atoms with E-state index in [1.807, 2.05) is 35.7 Å². The second-order valence-corrected chi connectivity index (χ2v) is 6.59. The van der Waals surface area contributed by atoms with Crippen LogP contribution < -0.4 is 19.7 Å². The van der Waals surface area contributed by atoms with Crippen LogP contribution in [0.2, 0.25) is 0 Å². The summed E-state index contributed by atoms with van der Waals surface area (Å²) in [6, 6.07) is 9.64. The minimum atomic E-state index is 0. The monoisotopic (exact) mass is 398 g/mol. The molecule has 0 spiro atoms. The predicted molar refractivity (Wildman–Crippen MR) is 105 cm³/mol. The van der Waals surface area contributed by atoms with E-state index in [1.54, 1.807) is 23.3 Å². The van der Waals surface area contributed by atoms with Crippen molar-refractivity contribution in [2.45, 2.75) is 6.54 Å². The van der Waals surface area contributed by atoms with Crippen LogP contribution in [0.4, 0.5) is 5.69 Å². The first kappa shape index (κ1) is 20.5. The Kier molecular flexibility index (Phi) is 8.18. The van der Waals surface area contributed by atoms with Gasteiger partial charge in [-0.25, -0.2) is 0 Å². The number of nitrogens with zero attached hydrogens (tertiary/aromatic N) is 1. The summed E-state index contributed by atoms with van der Waals surface area (Å²) in [5.74, 6) is 1.40. The summed E-state index contributed by atoms with van der Waals surface area (Å²) < 4.78 is 16.2. The summed E-state index contributed by atoms with van der Waals surface area (Å²) >= 11 is 1.63. The Morgan fingerprint density at radius 3 is 2.81 bits per heavy atom. The summed E-state index contributed by atoms with van der Waals surface area (Å²) in [7, 11) is 1.64. The molecule has 1 aliphatic heterocycles. The lowest BCUT2D eigenvalue weighted by Crippen LogP contribution is -2.38. The molecule has 1 aromatic carbocycles. The van der Waals surface area contributed by atoms with Crippen LogP contribution in [0.15, 0.2) is 35.7 Å². The van der Waals surface area contributed by atoms with Gasteiger partial charge in [-0.2, -0.15) is 0 Å². The maximum atomic E-state index is 12.8. The average Bonchev–Trinajstić information content (AvgIpc) is 3.16. The van der Waals surface area contributed by atoms with Crippen molar-refractivity contribution in [2.24, 2.45) is 0 Å². The summed E-state index contributed by atoms with van der Waals surface area (Å²) in [6.45, 7) is 3.06. The van der Waals surface area contributed by atoms with E-state index in [0.717, 1.165) is 16.3 Å². The number of halogens is 1. The first-order chi connectivity index (χ1) is 12.3. The first-order valence-corrected chi connectivity index (χ1v) is 9.08. The fourth-order valence-electron chi connectivity index (χ4n) is 2.55. The molecule has 1 N–H and O–H groups in total. The summed E-state index contributed by atoms with van der Waals surface area (Å²) in [6.07, 6.45) is 0. The molecular formula is C18H23ClN2O4S. The van der Waals surface area contributed by atoms with E-state index in [2.05, 4.69) is 5.32 Å². The minimum Gasteiger partial charge on any atom is -0.486 e. The zero-order valence-corrected chi connectivity index (χ0v) is 16.2. The van der Waals surface area contributed by atoms with Crippen molar-refractivity contribution in [3.05, 3.63) is 40.6 Å². The molecule has 2 heterocycles. The molecule has 0 aliphatic carbocycles. The van der Waals surface area contributed by atoms with Crippen molar-refractivity contribution >= 4 is 35.3 Å². The Hall–Kier alpha value is -1.80. The van der Waals surface area contributed by atoms with Crippen LogP contribution in [0.1, 0.15) is 4.88 Å². The number of carbonyl (C=O) groups excluding carboxylic acids is 1. The molecule has 0 saturated heterocycles. The highest BCUT2D eigenvalue weighted by Crippen LogP contribution is 2.34. The topological polar surface area (TPSA) is 60.0 Å². The molecule has 2 aromatic rings. The number of amides is 1. The zero-order valence-electron chi connectivity index (χ0n) is 14.6. The maximum Gasteiger partial charge on any atom is 0.241 e. The van der Waals surface area contributed by atoms with Crippen molar-refractivity contribution in [1.29, 1.82) is 0 Å². The second-order valence-electron chi connectivity index (χ2n) is 5.56. The van der Waals surface area contributed by atoms with Crippen LogP contribution in [0.3, 0.4) is 0 Å². The summed E-state index contributed by atoms with van der Waals surface area (Å²) in [5, 5.41) is 5.12. The Morgan fingerprint density at radius 2 is 2.08 bits per heavy atom. The van der Waals surface area contributed by atoms with Crippen molar-refractivity contribution in [1.82, 2.24) is 5.32 Å². The van der Waals surface area contributed by atoms with E-state index in [1.165, 1.54) is 0 Å². The fraction of sp³-hybridized carbons (Fsp3) is 0.389. The minimum absolute atomic E-state index is 0. The van der Waals surface area contributed by atoms with Gasteiger partial charge >= 0.3 is 0 Å². The number of rotatable bonds is 8. The Balaban J connectivity index is 0.00000243. The molecule has 1 amide bonds. The number of hydrogen-bond acceptors (Lipinski definition) is 6. The van der Waals surface area contributed by atoms with Gasteiger partial charge in [0.1, 0.15) is 13.2 Å². The largest absolute Gasteiger partial charge is 0.486 e. The van der Waals surface area contributed by atoms with Crippen molar-refractivity contribution < 1.29 is 19.0 Å². The molecule has 0 fully saturated rings. The molecule has 3 rings (SSSR count). The SMILES string of the molecule is COCCNCC(=O)N(Cc1cccs1)c1ccc2c(c1)OCCO2.Cl. The van der Waals surface area contributed by atoms with Crippen LogP contribution in [-0.2, 0) is 16.1 Å². The van der Waals surface area contributed by atoms with Crippen LogP contribution in [0.5, 0.6) is 11.5 Å². The number of fused-ring (bicyclic) bond motifs is 1. The second kappa shape index (κ2) is 10.4. The van der Waals surface area contributed by atoms with E-state index in [-0.39, 0.29) is 24.9 Å². The van der Waals surface area contributed by atoms with Gasteiger partial charge in [-0.3, -0.25) is 4.79 Å². The number of ether oxygens (including phenoxy) is 3. The molecule has 26 heavy (non-hydrogen) atoms. The molecule has 6 nitrogen and oxygen atoms in total. The zero-order chi connectivity index (χ0) is 17.5. The number of methoxy groups -OCH3 is 1. The van der Waals surface area contributed by atoms with E-state index >= 15 is 0 Å². The molecule has 1 aliphatic rings. The molecule has 0 unspecified atom stereocenters. The number of carbonyl (C=O) groups is 1. The highest BCUT2D eigenvalue weighted by Gasteiger charge is 2.20. The van der Waals surface area contributed by atoms with Gasteiger partial charge < -0.3 is 24.4 Å². The lowest BCUT2D eigenvalue weighted by atomic mass is 10.2. The highest BCUT2D eigenvalue weighted by atomic mass is 35.5. The van der Waals surface area contributed by atoms with Crippen LogP contribution in [0.25, 0.3) is 0 Å². The van der Waals surface area contributed by atoms with Gasteiger partial charge in [0.25, 0.3) is 0 Å². The number of anilines is 1. The van der Waals surface area contributed by atoms with Gasteiger partial charge in [-0.1, -0.05) is 6.07 Å². The first-order valence-electron chi connectivity index (χ1n) is 8.20. The average molecular weight is 399 g/mol. The molecule has 0 atom stereocenters. The highest BCUT2D eigenvalue weighted by molar-refractivity contribution is 7.09. The van der Waals surface area contributed by atoms with Gasteiger partial charge in [0.2, 0.25) is 5.91 Å². The number of nitrogens with one attached hydrogen (secondary N) is 1. The molecule has 0 radical (unpaired) electrons. The maximum absolute atomic E-state index is 12.8. The lowest BCUT2D eigenvalue weighted by Gasteiger charge is -2.25. The summed E-state index contributed by atoms with van der Waals surface area (Å²) in [5.41, 5.74) is 0.802. The molecule has 8 heteroatoms. The number of benzene rings is 1. The van der Waals surface area contributed by atoms with E-state index in [0.29, 0.717) is 38.7 Å². The third kappa shape index (κ3) is 5.35. The molecule has 0 saturated carbocycles. The van der Waals surface area contributed by atoms with E-state index in [9.17, 15) is 4.79 Å². The van der Waals surface area contributed by atoms with Gasteiger partial charge in [0.15, 0.2) is 11.5 Å². The normalized spacial score (nSPS) is 12.3. The Labute approximate surface area is 163 Å². The quantitative estimate of drug-likeness (QED) is 0.693. The van der Waals surface area contributed by atoms with Gasteiger partial charge in [0, 0.05) is 30.3 Å². The van der Waals surface area contributed by atoms with Crippen LogP contribution >= 0.6 is 23.7 Å².